The second-order valence-electron chi connectivity index (χ2n) is 10.4. The van der Waals surface area contributed by atoms with E-state index >= 15 is 8.78 Å². The van der Waals surface area contributed by atoms with Gasteiger partial charge in [0.1, 0.15) is 6.10 Å². The Hall–Kier alpha value is -2.41. The first kappa shape index (κ1) is 27.6. The van der Waals surface area contributed by atoms with Crippen molar-refractivity contribution in [2.45, 2.75) is 95.7 Å². The van der Waals surface area contributed by atoms with Crippen LogP contribution in [0.1, 0.15) is 82.3 Å². The molecule has 0 N–H and O–H groups in total. The lowest BCUT2D eigenvalue weighted by molar-refractivity contribution is -0.166. The molecule has 2 fully saturated rings. The summed E-state index contributed by atoms with van der Waals surface area (Å²) in [5, 5.41) is 0. The van der Waals surface area contributed by atoms with Gasteiger partial charge in [0, 0.05) is 24.5 Å². The van der Waals surface area contributed by atoms with Crippen molar-refractivity contribution in [3.05, 3.63) is 59.2 Å². The van der Waals surface area contributed by atoms with E-state index in [0.717, 1.165) is 12.8 Å². The number of halogens is 4. The molecule has 0 bridgehead atoms. The minimum absolute atomic E-state index is 0.113. The summed E-state index contributed by atoms with van der Waals surface area (Å²) in [5.74, 6) is -6.47. The fraction of sp³-hybridized carbons (Fsp3) is 0.567. The molecule has 2 saturated carbocycles. The smallest absolute Gasteiger partial charge is 0.309 e. The molecule has 0 aliphatic heterocycles. The van der Waals surface area contributed by atoms with Crippen LogP contribution < -0.4 is 0 Å². The van der Waals surface area contributed by atoms with Crippen molar-refractivity contribution < 1.29 is 31.8 Å². The summed E-state index contributed by atoms with van der Waals surface area (Å²) in [6.07, 6.45) is 3.42. The van der Waals surface area contributed by atoms with Crippen LogP contribution in [-0.2, 0) is 20.7 Å². The van der Waals surface area contributed by atoms with E-state index in [0.29, 0.717) is 55.4 Å². The third kappa shape index (κ3) is 6.36. The van der Waals surface area contributed by atoms with E-state index in [-0.39, 0.29) is 30.0 Å². The Kier molecular flexibility index (Phi) is 8.94. The summed E-state index contributed by atoms with van der Waals surface area (Å²) in [4.78, 5) is 12.6. The number of hydrogen-bond donors (Lipinski definition) is 0. The fourth-order valence-corrected chi connectivity index (χ4v) is 5.75. The van der Waals surface area contributed by atoms with Gasteiger partial charge < -0.3 is 9.47 Å². The van der Waals surface area contributed by atoms with Crippen molar-refractivity contribution in [1.82, 2.24) is 0 Å². The number of carbonyl (C=O) groups is 1. The first-order valence-corrected chi connectivity index (χ1v) is 13.5. The zero-order valence-electron chi connectivity index (χ0n) is 21.6. The zero-order chi connectivity index (χ0) is 26.6. The minimum atomic E-state index is -3.05. The Morgan fingerprint density at radius 3 is 2.19 bits per heavy atom. The number of carbonyl (C=O) groups excluding carboxylic acids is 1. The molecule has 2 aliphatic carbocycles. The molecule has 4 rings (SSSR count). The minimum Gasteiger partial charge on any atom is -0.462 e. The lowest BCUT2D eigenvalue weighted by Crippen LogP contribution is -2.39. The molecular formula is C30H36F4O3. The first-order chi connectivity index (χ1) is 17.7. The average molecular weight is 521 g/mol. The van der Waals surface area contributed by atoms with E-state index in [1.807, 2.05) is 13.8 Å². The molecule has 202 valence electrons. The molecule has 2 unspecified atom stereocenters. The van der Waals surface area contributed by atoms with Gasteiger partial charge in [0.15, 0.2) is 11.6 Å². The van der Waals surface area contributed by atoms with Gasteiger partial charge in [0.05, 0.1) is 12.0 Å². The maximum atomic E-state index is 15.2. The lowest BCUT2D eigenvalue weighted by Gasteiger charge is -2.36. The highest BCUT2D eigenvalue weighted by Gasteiger charge is 2.47. The number of esters is 1. The Morgan fingerprint density at radius 2 is 1.57 bits per heavy atom. The summed E-state index contributed by atoms with van der Waals surface area (Å²) in [6.45, 7) is 4.48. The predicted molar refractivity (Wildman–Crippen MR) is 135 cm³/mol. The molecule has 2 aliphatic rings. The lowest BCUT2D eigenvalue weighted by atomic mass is 9.79. The van der Waals surface area contributed by atoms with E-state index in [1.165, 1.54) is 6.07 Å². The summed E-state index contributed by atoms with van der Waals surface area (Å²) in [7, 11) is 0. The highest BCUT2D eigenvalue weighted by molar-refractivity contribution is 5.72. The van der Waals surface area contributed by atoms with E-state index < -0.39 is 36.0 Å². The molecule has 0 amide bonds. The van der Waals surface area contributed by atoms with Gasteiger partial charge >= 0.3 is 5.97 Å². The largest absolute Gasteiger partial charge is 0.462 e. The molecule has 37 heavy (non-hydrogen) atoms. The van der Waals surface area contributed by atoms with Crippen LogP contribution in [0.2, 0.25) is 0 Å². The number of aryl methyl sites for hydroxylation is 1. The topological polar surface area (TPSA) is 35.5 Å². The number of alkyl halides is 2. The van der Waals surface area contributed by atoms with E-state index in [2.05, 4.69) is 0 Å². The fourth-order valence-electron chi connectivity index (χ4n) is 5.75. The summed E-state index contributed by atoms with van der Waals surface area (Å²) in [6, 6.07) is 9.37. The maximum Gasteiger partial charge on any atom is 0.309 e. The third-order valence-corrected chi connectivity index (χ3v) is 7.79. The van der Waals surface area contributed by atoms with Crippen LogP contribution in [0.5, 0.6) is 0 Å². The van der Waals surface area contributed by atoms with Gasteiger partial charge in [-0.2, -0.15) is 0 Å². The number of benzene rings is 2. The Morgan fingerprint density at radius 1 is 0.892 bits per heavy atom. The van der Waals surface area contributed by atoms with Crippen molar-refractivity contribution >= 4 is 5.97 Å². The molecule has 2 atom stereocenters. The van der Waals surface area contributed by atoms with Crippen molar-refractivity contribution in [3.8, 4) is 11.1 Å². The molecule has 3 nitrogen and oxygen atoms in total. The molecule has 0 saturated heterocycles. The molecule has 7 heteroatoms. The number of hydrogen-bond acceptors (Lipinski definition) is 3. The van der Waals surface area contributed by atoms with Crippen LogP contribution in [-0.4, -0.2) is 30.7 Å². The maximum absolute atomic E-state index is 15.2. The van der Waals surface area contributed by atoms with Gasteiger partial charge in [0.25, 0.3) is 5.92 Å². The van der Waals surface area contributed by atoms with Crippen molar-refractivity contribution in [2.75, 3.05) is 6.61 Å². The van der Waals surface area contributed by atoms with Crippen LogP contribution in [0.4, 0.5) is 17.6 Å². The quantitative estimate of drug-likeness (QED) is 0.261. The Labute approximate surface area is 216 Å². The molecule has 0 heterocycles. The van der Waals surface area contributed by atoms with Gasteiger partial charge in [-0.3, -0.25) is 4.79 Å². The standard InChI is InChI=1S/C30H36F4O3/c1-3-5-21-12-16-25(28(32)27(21)31)19-6-8-20(9-7-19)26-17-15-24(18-30(26,33)34)37-29(35)22-10-13-23(14-11-22)36-4-2/h6-9,12,16,22-24,26H,3-5,10-11,13-15,17-18H2,1-2H3. The molecule has 2 aromatic rings. The van der Waals surface area contributed by atoms with Crippen LogP contribution >= 0.6 is 0 Å². The zero-order valence-corrected chi connectivity index (χ0v) is 21.6. The SMILES string of the molecule is CCCc1ccc(-c2ccc(C3CCC(OC(=O)C4CCC(OCC)CC4)CC3(F)F)cc2)c(F)c1F. The number of ether oxygens (including phenoxy) is 2. The van der Waals surface area contributed by atoms with Gasteiger partial charge in [-0.05, 0) is 68.6 Å². The third-order valence-electron chi connectivity index (χ3n) is 7.79. The van der Waals surface area contributed by atoms with E-state index in [1.54, 1.807) is 30.3 Å². The molecule has 0 aromatic heterocycles. The van der Waals surface area contributed by atoms with Crippen LogP contribution in [0.25, 0.3) is 11.1 Å². The monoisotopic (exact) mass is 520 g/mol. The van der Waals surface area contributed by atoms with Gasteiger partial charge in [-0.25, -0.2) is 17.6 Å². The van der Waals surface area contributed by atoms with Crippen molar-refractivity contribution in [1.29, 1.82) is 0 Å². The molecular weight excluding hydrogens is 484 g/mol. The second-order valence-corrected chi connectivity index (χ2v) is 10.4. The Balaban J connectivity index is 1.37. The van der Waals surface area contributed by atoms with Crippen molar-refractivity contribution in [2.24, 2.45) is 5.92 Å². The highest BCUT2D eigenvalue weighted by Crippen LogP contribution is 2.46. The summed E-state index contributed by atoms with van der Waals surface area (Å²) < 4.78 is 70.5. The summed E-state index contributed by atoms with van der Waals surface area (Å²) in [5.41, 5.74) is 1.32. The van der Waals surface area contributed by atoms with Crippen molar-refractivity contribution in [3.63, 3.8) is 0 Å². The molecule has 0 radical (unpaired) electrons. The van der Waals surface area contributed by atoms with Crippen LogP contribution in [0.15, 0.2) is 36.4 Å². The van der Waals surface area contributed by atoms with E-state index in [9.17, 15) is 13.6 Å². The molecule has 0 spiro atoms. The molecule has 2 aromatic carbocycles. The van der Waals surface area contributed by atoms with Crippen LogP contribution in [0.3, 0.4) is 0 Å². The van der Waals surface area contributed by atoms with Gasteiger partial charge in [-0.1, -0.05) is 49.7 Å². The Bertz CT molecular complexity index is 1060. The van der Waals surface area contributed by atoms with Crippen LogP contribution in [0, 0.1) is 17.6 Å². The van der Waals surface area contributed by atoms with Gasteiger partial charge in [-0.15, -0.1) is 0 Å². The number of rotatable bonds is 8. The normalized spacial score (nSPS) is 25.6. The predicted octanol–water partition coefficient (Wildman–Crippen LogP) is 7.99. The highest BCUT2D eigenvalue weighted by atomic mass is 19.3. The second kappa shape index (κ2) is 12.0. The van der Waals surface area contributed by atoms with E-state index in [4.69, 9.17) is 9.47 Å². The van der Waals surface area contributed by atoms with Gasteiger partial charge in [0.2, 0.25) is 0 Å². The first-order valence-electron chi connectivity index (χ1n) is 13.5. The average Bonchev–Trinajstić information content (AvgIpc) is 2.87. The summed E-state index contributed by atoms with van der Waals surface area (Å²) >= 11 is 0.